The Balaban J connectivity index is 1.53. The number of alkyl halides is 3. The van der Waals surface area contributed by atoms with Crippen molar-refractivity contribution in [2.45, 2.75) is 25.6 Å². The summed E-state index contributed by atoms with van der Waals surface area (Å²) in [5.41, 5.74) is 1.46. The molecule has 2 aliphatic rings. The van der Waals surface area contributed by atoms with Crippen LogP contribution in [0.5, 0.6) is 11.5 Å². The van der Waals surface area contributed by atoms with Gasteiger partial charge < -0.3 is 24.4 Å². The molecule has 8 nitrogen and oxygen atoms in total. The zero-order valence-electron chi connectivity index (χ0n) is 20.9. The Morgan fingerprint density at radius 3 is 2.76 bits per heavy atom. The van der Waals surface area contributed by atoms with Gasteiger partial charge in [0.15, 0.2) is 11.5 Å². The maximum absolute atomic E-state index is 13.3. The van der Waals surface area contributed by atoms with Crippen LogP contribution in [0.15, 0.2) is 48.1 Å². The maximum atomic E-state index is 13.3. The average molecular weight is 519 g/mol. The van der Waals surface area contributed by atoms with E-state index in [1.807, 2.05) is 0 Å². The number of morpholine rings is 1. The lowest BCUT2D eigenvalue weighted by atomic mass is 9.95. The van der Waals surface area contributed by atoms with Crippen LogP contribution in [0.2, 0.25) is 0 Å². The minimum Gasteiger partial charge on any atom is -0.493 e. The lowest BCUT2D eigenvalue weighted by Crippen LogP contribution is -2.46. The van der Waals surface area contributed by atoms with Crippen LogP contribution < -0.4 is 14.8 Å². The van der Waals surface area contributed by atoms with E-state index in [1.54, 1.807) is 37.1 Å². The molecule has 4 rings (SSSR count). The highest BCUT2D eigenvalue weighted by Crippen LogP contribution is 2.37. The summed E-state index contributed by atoms with van der Waals surface area (Å²) in [7, 11) is 3.24. The molecule has 0 radical (unpaired) electrons. The fraction of sp³-hybridized carbons (Fsp3) is 0.423. The molecule has 0 spiro atoms. The summed E-state index contributed by atoms with van der Waals surface area (Å²) in [5.74, 6) is 0.211. The molecule has 1 aromatic heterocycles. The van der Waals surface area contributed by atoms with Crippen molar-refractivity contribution in [2.75, 3.05) is 45.8 Å². The van der Waals surface area contributed by atoms with Crippen molar-refractivity contribution >= 4 is 22.6 Å². The van der Waals surface area contributed by atoms with E-state index in [0.717, 1.165) is 11.6 Å². The highest BCUT2D eigenvalue weighted by molar-refractivity contribution is 5.92. The second kappa shape index (κ2) is 10.8. The van der Waals surface area contributed by atoms with Gasteiger partial charge in [0.2, 0.25) is 5.91 Å². The van der Waals surface area contributed by atoms with Gasteiger partial charge in [-0.25, -0.2) is 9.97 Å². The zero-order valence-corrected chi connectivity index (χ0v) is 20.9. The molecular formula is C26H29F3N4O4. The van der Waals surface area contributed by atoms with Crippen molar-refractivity contribution in [3.05, 3.63) is 53.9 Å². The number of fused-ring (bicyclic) bond motifs is 1. The van der Waals surface area contributed by atoms with Gasteiger partial charge in [-0.2, -0.15) is 13.2 Å². The minimum atomic E-state index is -4.37. The first-order valence-electron chi connectivity index (χ1n) is 11.7. The van der Waals surface area contributed by atoms with Crippen molar-refractivity contribution in [2.24, 2.45) is 5.92 Å². The van der Waals surface area contributed by atoms with E-state index in [0.29, 0.717) is 40.6 Å². The predicted octanol–water partition coefficient (Wildman–Crippen LogP) is 4.22. The number of anilines is 1. The Labute approximate surface area is 212 Å². The van der Waals surface area contributed by atoms with Crippen LogP contribution in [0.1, 0.15) is 12.2 Å². The molecule has 1 aliphatic carbocycles. The zero-order chi connectivity index (χ0) is 26.7. The van der Waals surface area contributed by atoms with E-state index in [2.05, 4.69) is 21.9 Å². The van der Waals surface area contributed by atoms with Crippen LogP contribution >= 0.6 is 0 Å². The first-order chi connectivity index (χ1) is 17.5. The van der Waals surface area contributed by atoms with Crippen molar-refractivity contribution in [3.8, 4) is 11.5 Å². The number of carbonyl (C=O) groups is 1. The van der Waals surface area contributed by atoms with Crippen molar-refractivity contribution in [1.29, 1.82) is 0 Å². The lowest BCUT2D eigenvalue weighted by Gasteiger charge is -2.29. The number of ether oxygens (including phenoxy) is 3. The molecule has 2 heterocycles. The molecule has 1 fully saturated rings. The van der Waals surface area contributed by atoms with Gasteiger partial charge in [0.25, 0.3) is 0 Å². The van der Waals surface area contributed by atoms with Gasteiger partial charge in [-0.3, -0.25) is 4.79 Å². The Bertz CT molecular complexity index is 1260. The van der Waals surface area contributed by atoms with Gasteiger partial charge in [-0.1, -0.05) is 30.4 Å². The van der Waals surface area contributed by atoms with E-state index in [-0.39, 0.29) is 43.8 Å². The number of aromatic nitrogens is 2. The monoisotopic (exact) mass is 518 g/mol. The number of aryl methyl sites for hydroxylation is 1. The van der Waals surface area contributed by atoms with Gasteiger partial charge in [-0.05, 0) is 25.0 Å². The predicted molar refractivity (Wildman–Crippen MR) is 133 cm³/mol. The van der Waals surface area contributed by atoms with Crippen LogP contribution in [0, 0.1) is 12.8 Å². The van der Waals surface area contributed by atoms with Gasteiger partial charge in [0, 0.05) is 31.6 Å². The summed E-state index contributed by atoms with van der Waals surface area (Å²) < 4.78 is 56.9. The maximum Gasteiger partial charge on any atom is 0.398 e. The van der Waals surface area contributed by atoms with Gasteiger partial charge in [0.1, 0.15) is 31.0 Å². The molecule has 0 saturated carbocycles. The third-order valence-electron chi connectivity index (χ3n) is 6.23. The molecule has 1 saturated heterocycles. The number of nitrogens with zero attached hydrogens (tertiary/aromatic N) is 3. The normalized spacial score (nSPS) is 20.6. The molecule has 1 unspecified atom stereocenters. The number of methoxy groups -OCH3 is 1. The quantitative estimate of drug-likeness (QED) is 0.550. The molecule has 0 bridgehead atoms. The summed E-state index contributed by atoms with van der Waals surface area (Å²) >= 11 is 0. The number of hydrogen-bond donors (Lipinski definition) is 1. The summed E-state index contributed by atoms with van der Waals surface area (Å²) in [6.45, 7) is 6.31. The molecular weight excluding hydrogens is 489 g/mol. The van der Waals surface area contributed by atoms with Gasteiger partial charge in [-0.15, -0.1) is 0 Å². The summed E-state index contributed by atoms with van der Waals surface area (Å²) in [5, 5.41) is 3.90. The number of hydrogen-bond acceptors (Lipinski definition) is 7. The lowest BCUT2D eigenvalue weighted by molar-refractivity contribution is -0.151. The standard InChI is InChI=1S/C26H29F3N4O4/c1-15-8-17(6-5-7-20(15)26(27,28)29)11-30-25-19-9-23(22(35-4)10-21(19)31-16(2)32-25)37-13-18-12-33(3)24(34)14-36-18/h5-7,9-10,18,20H,1,8,11-14H2,2-4H3,(H,30,31,32)/t18-,20?/m0/s1. The van der Waals surface area contributed by atoms with Crippen LogP contribution in [-0.4, -0.2) is 73.5 Å². The van der Waals surface area contributed by atoms with Crippen LogP contribution in [-0.2, 0) is 9.53 Å². The largest absolute Gasteiger partial charge is 0.493 e. The smallest absolute Gasteiger partial charge is 0.398 e. The highest BCUT2D eigenvalue weighted by Gasteiger charge is 2.39. The number of amides is 1. The average Bonchev–Trinajstić information content (AvgIpc) is 3.03. The third-order valence-corrected chi connectivity index (χ3v) is 6.23. The van der Waals surface area contributed by atoms with Gasteiger partial charge >= 0.3 is 6.18 Å². The number of benzene rings is 1. The molecule has 1 aliphatic heterocycles. The van der Waals surface area contributed by atoms with E-state index in [4.69, 9.17) is 14.2 Å². The van der Waals surface area contributed by atoms with E-state index >= 15 is 0 Å². The number of carbonyl (C=O) groups excluding carboxylic acids is 1. The molecule has 1 aromatic carbocycles. The molecule has 1 amide bonds. The van der Waals surface area contributed by atoms with E-state index in [9.17, 15) is 18.0 Å². The molecule has 37 heavy (non-hydrogen) atoms. The highest BCUT2D eigenvalue weighted by atomic mass is 19.4. The van der Waals surface area contributed by atoms with Crippen molar-refractivity contribution < 1.29 is 32.2 Å². The molecule has 11 heteroatoms. The minimum absolute atomic E-state index is 0.00173. The Morgan fingerprint density at radius 1 is 1.27 bits per heavy atom. The van der Waals surface area contributed by atoms with Crippen LogP contribution in [0.4, 0.5) is 19.0 Å². The number of allylic oxidation sites excluding steroid dienone is 4. The topological polar surface area (TPSA) is 85.8 Å². The first kappa shape index (κ1) is 26.5. The number of halogens is 3. The Hall–Kier alpha value is -3.60. The Kier molecular flexibility index (Phi) is 7.72. The third kappa shape index (κ3) is 6.22. The second-order valence-electron chi connectivity index (χ2n) is 9.08. The molecule has 2 atom stereocenters. The van der Waals surface area contributed by atoms with E-state index < -0.39 is 12.1 Å². The fourth-order valence-corrected chi connectivity index (χ4v) is 4.26. The van der Waals surface area contributed by atoms with Crippen LogP contribution in [0.25, 0.3) is 10.9 Å². The Morgan fingerprint density at radius 2 is 2.05 bits per heavy atom. The van der Waals surface area contributed by atoms with Crippen LogP contribution in [0.3, 0.4) is 0 Å². The number of rotatable bonds is 7. The van der Waals surface area contributed by atoms with Gasteiger partial charge in [0.05, 0.1) is 18.5 Å². The fourth-order valence-electron chi connectivity index (χ4n) is 4.26. The number of likely N-dealkylation sites (N-methyl/N-ethyl adjacent to an activating group) is 1. The molecule has 198 valence electrons. The van der Waals surface area contributed by atoms with Crippen molar-refractivity contribution in [3.63, 3.8) is 0 Å². The SMILES string of the molecule is C=C1CC(CNc2nc(C)nc3cc(OC)c(OC[C@@H]4CN(C)C(=O)CO4)cc23)=CC=CC1C(F)(F)F. The first-order valence-corrected chi connectivity index (χ1v) is 11.7. The number of nitrogens with one attached hydrogen (secondary N) is 1. The summed E-state index contributed by atoms with van der Waals surface area (Å²) in [6, 6.07) is 3.50. The van der Waals surface area contributed by atoms with E-state index in [1.165, 1.54) is 13.2 Å². The summed E-state index contributed by atoms with van der Waals surface area (Å²) in [6.07, 6.45) is -0.326. The van der Waals surface area contributed by atoms with Crippen molar-refractivity contribution in [1.82, 2.24) is 14.9 Å². The molecule has 2 aromatic rings. The second-order valence-corrected chi connectivity index (χ2v) is 9.08. The summed E-state index contributed by atoms with van der Waals surface area (Å²) in [4.78, 5) is 22.3. The molecule has 1 N–H and O–H groups in total.